The maximum atomic E-state index is 8.64. The van der Waals surface area contributed by atoms with Gasteiger partial charge < -0.3 is 9.79 Å². The van der Waals surface area contributed by atoms with Crippen molar-refractivity contribution in [3.8, 4) is 0 Å². The van der Waals surface area contributed by atoms with Crippen molar-refractivity contribution in [2.75, 3.05) is 0 Å². The van der Waals surface area contributed by atoms with Crippen molar-refractivity contribution in [3.05, 3.63) is 30.3 Å². The molecule has 0 bridgehead atoms. The SMILES string of the molecule is OP(O)c1ccccc1.[Pd]. The summed E-state index contributed by atoms with van der Waals surface area (Å²) in [6.07, 6.45) is 0. The van der Waals surface area contributed by atoms with E-state index in [0.717, 1.165) is 0 Å². The van der Waals surface area contributed by atoms with E-state index in [1.807, 2.05) is 6.07 Å². The maximum absolute atomic E-state index is 8.64. The molecule has 1 rings (SSSR count). The molecule has 0 amide bonds. The molecule has 0 spiro atoms. The fraction of sp³-hybridized carbons (Fsp3) is 0. The molecule has 4 heteroatoms. The van der Waals surface area contributed by atoms with E-state index in [9.17, 15) is 0 Å². The van der Waals surface area contributed by atoms with Crippen LogP contribution in [0.25, 0.3) is 0 Å². The van der Waals surface area contributed by atoms with E-state index in [2.05, 4.69) is 0 Å². The summed E-state index contributed by atoms with van der Waals surface area (Å²) in [7, 11) is -1.90. The van der Waals surface area contributed by atoms with Gasteiger partial charge in [-0.25, -0.2) is 0 Å². The van der Waals surface area contributed by atoms with E-state index in [1.165, 1.54) is 0 Å². The van der Waals surface area contributed by atoms with Gasteiger partial charge in [-0.2, -0.15) is 0 Å². The van der Waals surface area contributed by atoms with Gasteiger partial charge in [0.1, 0.15) is 0 Å². The van der Waals surface area contributed by atoms with Crippen molar-refractivity contribution in [2.24, 2.45) is 0 Å². The van der Waals surface area contributed by atoms with Crippen LogP contribution >= 0.6 is 8.38 Å². The molecule has 1 aromatic rings. The Morgan fingerprint density at radius 2 is 1.50 bits per heavy atom. The third-order valence-corrected chi connectivity index (χ3v) is 1.75. The van der Waals surface area contributed by atoms with Gasteiger partial charge >= 0.3 is 0 Å². The van der Waals surface area contributed by atoms with Gasteiger partial charge in [-0.05, 0) is 12.1 Å². The van der Waals surface area contributed by atoms with Crippen LogP contribution in [0.5, 0.6) is 0 Å². The first-order valence-electron chi connectivity index (χ1n) is 2.53. The molecule has 0 aliphatic heterocycles. The zero-order chi connectivity index (χ0) is 6.69. The second kappa shape index (κ2) is 4.96. The Balaban J connectivity index is 0.000000810. The molecule has 0 radical (unpaired) electrons. The molecule has 1 aromatic carbocycles. The van der Waals surface area contributed by atoms with Crippen LogP contribution in [-0.2, 0) is 20.4 Å². The number of rotatable bonds is 1. The molecule has 0 saturated carbocycles. The Bertz CT molecular complexity index is 178. The molecule has 2 nitrogen and oxygen atoms in total. The number of benzene rings is 1. The largest absolute Gasteiger partial charge is 0.347 e. The topological polar surface area (TPSA) is 40.5 Å². The predicted molar refractivity (Wildman–Crippen MR) is 37.4 cm³/mol. The molecule has 2 N–H and O–H groups in total. The van der Waals surface area contributed by atoms with E-state index >= 15 is 0 Å². The summed E-state index contributed by atoms with van der Waals surface area (Å²) in [5.41, 5.74) is 0. The van der Waals surface area contributed by atoms with Crippen LogP contribution in [0.4, 0.5) is 0 Å². The van der Waals surface area contributed by atoms with Gasteiger partial charge in [0, 0.05) is 25.7 Å². The van der Waals surface area contributed by atoms with E-state index < -0.39 is 8.38 Å². The van der Waals surface area contributed by atoms with Crippen molar-refractivity contribution < 1.29 is 30.2 Å². The molecule has 0 unspecified atom stereocenters. The number of hydrogen-bond acceptors (Lipinski definition) is 2. The zero-order valence-electron chi connectivity index (χ0n) is 5.04. The Morgan fingerprint density at radius 1 is 1.00 bits per heavy atom. The molecule has 0 aliphatic rings. The normalized spacial score (nSPS) is 9.10. The first-order valence-corrected chi connectivity index (χ1v) is 3.78. The van der Waals surface area contributed by atoms with Crippen LogP contribution in [0, 0.1) is 0 Å². The van der Waals surface area contributed by atoms with Crippen molar-refractivity contribution in [1.29, 1.82) is 0 Å². The van der Waals surface area contributed by atoms with Crippen molar-refractivity contribution in [1.82, 2.24) is 0 Å². The number of hydrogen-bond donors (Lipinski definition) is 2. The van der Waals surface area contributed by atoms with E-state index in [0.29, 0.717) is 5.30 Å². The molecule has 0 heterocycles. The minimum absolute atomic E-state index is 0. The molecular weight excluding hydrogens is 241 g/mol. The van der Waals surface area contributed by atoms with Gasteiger partial charge in [-0.15, -0.1) is 0 Å². The summed E-state index contributed by atoms with van der Waals surface area (Å²) < 4.78 is 0. The van der Waals surface area contributed by atoms with Gasteiger partial charge in [0.05, 0.1) is 0 Å². The fourth-order valence-corrected chi connectivity index (χ4v) is 1.00. The standard InChI is InChI=1S/C6H7O2P.Pd/c7-9(8)6-4-2-1-3-5-6;/h1-5,7-8H;. The van der Waals surface area contributed by atoms with Crippen LogP contribution < -0.4 is 5.30 Å². The summed E-state index contributed by atoms with van der Waals surface area (Å²) in [6.45, 7) is 0. The van der Waals surface area contributed by atoms with Gasteiger partial charge in [0.15, 0.2) is 8.38 Å². The van der Waals surface area contributed by atoms with E-state index in [4.69, 9.17) is 9.79 Å². The van der Waals surface area contributed by atoms with Gasteiger partial charge in [-0.3, -0.25) is 0 Å². The average molecular weight is 249 g/mol. The minimum atomic E-state index is -1.90. The minimum Gasteiger partial charge on any atom is -0.347 e. The molecule has 0 aromatic heterocycles. The predicted octanol–water partition coefficient (Wildman–Crippen LogP) is 0.606. The van der Waals surface area contributed by atoms with Crippen LogP contribution in [0.2, 0.25) is 0 Å². The molecule has 58 valence electrons. The first kappa shape index (κ1) is 10.2. The molecule has 0 saturated heterocycles. The smallest absolute Gasteiger partial charge is 0.199 e. The third-order valence-electron chi connectivity index (χ3n) is 0.987. The van der Waals surface area contributed by atoms with Crippen molar-refractivity contribution in [2.45, 2.75) is 0 Å². The van der Waals surface area contributed by atoms with Crippen LogP contribution in [0.3, 0.4) is 0 Å². The van der Waals surface area contributed by atoms with Gasteiger partial charge in [0.2, 0.25) is 0 Å². The summed E-state index contributed by atoms with van der Waals surface area (Å²) in [4.78, 5) is 17.3. The average Bonchev–Trinajstić information content (AvgIpc) is 1.90. The fourth-order valence-electron chi connectivity index (χ4n) is 0.561. The maximum Gasteiger partial charge on any atom is 0.199 e. The van der Waals surface area contributed by atoms with Crippen LogP contribution in [-0.4, -0.2) is 9.79 Å². The first-order chi connectivity index (χ1) is 4.30. The van der Waals surface area contributed by atoms with Crippen molar-refractivity contribution >= 4 is 13.7 Å². The Morgan fingerprint density at radius 3 is 1.80 bits per heavy atom. The third kappa shape index (κ3) is 2.88. The second-order valence-corrected chi connectivity index (χ2v) is 2.72. The Hall–Kier alpha value is 0.232. The summed E-state index contributed by atoms with van der Waals surface area (Å²) in [6, 6.07) is 8.76. The van der Waals surface area contributed by atoms with Crippen LogP contribution in [0.15, 0.2) is 30.3 Å². The van der Waals surface area contributed by atoms with E-state index in [-0.39, 0.29) is 20.4 Å². The van der Waals surface area contributed by atoms with Gasteiger partial charge in [0.25, 0.3) is 0 Å². The van der Waals surface area contributed by atoms with Crippen LogP contribution in [0.1, 0.15) is 0 Å². The Labute approximate surface area is 74.5 Å². The second-order valence-electron chi connectivity index (χ2n) is 1.62. The zero-order valence-corrected chi connectivity index (χ0v) is 7.49. The molecule has 0 atom stereocenters. The molecule has 10 heavy (non-hydrogen) atoms. The van der Waals surface area contributed by atoms with Gasteiger partial charge in [-0.1, -0.05) is 18.2 Å². The summed E-state index contributed by atoms with van der Waals surface area (Å²) in [5.74, 6) is 0. The van der Waals surface area contributed by atoms with E-state index in [1.54, 1.807) is 24.3 Å². The monoisotopic (exact) mass is 248 g/mol. The summed E-state index contributed by atoms with van der Waals surface area (Å²) >= 11 is 0. The molecule has 0 fully saturated rings. The van der Waals surface area contributed by atoms with Crippen molar-refractivity contribution in [3.63, 3.8) is 0 Å². The molecule has 0 aliphatic carbocycles. The quantitative estimate of drug-likeness (QED) is 0.565. The summed E-state index contributed by atoms with van der Waals surface area (Å²) in [5, 5.41) is 0.590. The molecular formula is C6H7O2PPd. The Kier molecular flexibility index (Phi) is 5.07.